The number of benzene rings is 1. The Labute approximate surface area is 97.5 Å². The first kappa shape index (κ1) is 12.9. The molecule has 0 spiro atoms. The SMILES string of the molecule is Cc1ccc(S(=O)(=O)S(C)(C)S)cc1C. The van der Waals surface area contributed by atoms with Crippen molar-refractivity contribution in [2.75, 3.05) is 12.5 Å². The van der Waals surface area contributed by atoms with Crippen LogP contribution in [0.1, 0.15) is 11.1 Å². The van der Waals surface area contributed by atoms with E-state index in [1.165, 1.54) is 0 Å². The maximum absolute atomic E-state index is 12.1. The van der Waals surface area contributed by atoms with E-state index in [1.54, 1.807) is 24.6 Å². The van der Waals surface area contributed by atoms with Crippen molar-refractivity contribution in [1.29, 1.82) is 0 Å². The lowest BCUT2D eigenvalue weighted by Gasteiger charge is -2.24. The minimum absolute atomic E-state index is 0.376. The minimum atomic E-state index is -3.27. The quantitative estimate of drug-likeness (QED) is 0.658. The van der Waals surface area contributed by atoms with Crippen LogP contribution in [-0.4, -0.2) is 20.9 Å². The van der Waals surface area contributed by atoms with Gasteiger partial charge in [0.05, 0.1) is 4.90 Å². The van der Waals surface area contributed by atoms with Gasteiger partial charge in [-0.15, -0.1) is 11.7 Å². The molecule has 0 atom stereocenters. The third-order valence-electron chi connectivity index (χ3n) is 2.30. The van der Waals surface area contributed by atoms with Crippen LogP contribution in [0.15, 0.2) is 23.1 Å². The molecule has 0 aliphatic rings. The Hall–Kier alpha value is -0.130. The van der Waals surface area contributed by atoms with Gasteiger partial charge in [0, 0.05) is 0 Å². The Morgan fingerprint density at radius 3 is 2.00 bits per heavy atom. The van der Waals surface area contributed by atoms with Crippen molar-refractivity contribution in [1.82, 2.24) is 0 Å². The molecule has 1 aromatic rings. The van der Waals surface area contributed by atoms with Crippen LogP contribution in [0.3, 0.4) is 0 Å². The summed E-state index contributed by atoms with van der Waals surface area (Å²) in [4.78, 5) is 0.376. The van der Waals surface area contributed by atoms with E-state index in [0.29, 0.717) is 4.90 Å². The van der Waals surface area contributed by atoms with Crippen LogP contribution < -0.4 is 0 Å². The first-order chi connectivity index (χ1) is 6.66. The maximum Gasteiger partial charge on any atom is 0.220 e. The fraction of sp³-hybridized carbons (Fsp3) is 0.400. The Kier molecular flexibility index (Phi) is 3.48. The van der Waals surface area contributed by atoms with E-state index in [9.17, 15) is 8.42 Å². The zero-order chi connectivity index (χ0) is 11.9. The average Bonchev–Trinajstić information content (AvgIpc) is 2.07. The highest BCUT2D eigenvalue weighted by Gasteiger charge is 2.27. The molecule has 0 aliphatic carbocycles. The van der Waals surface area contributed by atoms with Crippen LogP contribution in [0.2, 0.25) is 0 Å². The predicted octanol–water partition coefficient (Wildman–Crippen LogP) is 2.90. The standard InChI is InChI=1S/C10H16O2S3/c1-8-5-6-10(7-9(8)2)15(11,12)14(3,4)13/h5-7,13H,1-4H3. The van der Waals surface area contributed by atoms with Gasteiger partial charge in [-0.2, -0.15) is 0 Å². The number of rotatable bonds is 2. The van der Waals surface area contributed by atoms with E-state index in [2.05, 4.69) is 11.7 Å². The normalized spacial score (nSPS) is 13.9. The van der Waals surface area contributed by atoms with Crippen molar-refractivity contribution in [3.8, 4) is 0 Å². The molecule has 0 saturated carbocycles. The van der Waals surface area contributed by atoms with Gasteiger partial charge in [0.15, 0.2) is 0 Å². The minimum Gasteiger partial charge on any atom is -0.213 e. The average molecular weight is 264 g/mol. The molecule has 0 heterocycles. The summed E-state index contributed by atoms with van der Waals surface area (Å²) < 4.78 is 24.2. The molecule has 5 heteroatoms. The van der Waals surface area contributed by atoms with Gasteiger partial charge in [0.2, 0.25) is 8.87 Å². The zero-order valence-corrected chi connectivity index (χ0v) is 11.8. The lowest BCUT2D eigenvalue weighted by molar-refractivity contribution is 0.610. The molecule has 0 unspecified atom stereocenters. The fourth-order valence-corrected chi connectivity index (χ4v) is 4.63. The summed E-state index contributed by atoms with van der Waals surface area (Å²) in [7, 11) is -5.19. The number of aryl methyl sites for hydroxylation is 2. The second kappa shape index (κ2) is 4.03. The van der Waals surface area contributed by atoms with E-state index in [-0.39, 0.29) is 0 Å². The zero-order valence-electron chi connectivity index (χ0n) is 9.31. The lowest BCUT2D eigenvalue weighted by Crippen LogP contribution is -2.06. The Bertz CT molecular complexity index is 470. The molecule has 0 saturated heterocycles. The monoisotopic (exact) mass is 264 g/mol. The van der Waals surface area contributed by atoms with Crippen LogP contribution in [-0.2, 0) is 8.87 Å². The summed E-state index contributed by atoms with van der Waals surface area (Å²) in [6, 6.07) is 5.21. The Morgan fingerprint density at radius 1 is 1.07 bits per heavy atom. The van der Waals surface area contributed by atoms with E-state index >= 15 is 0 Å². The molecule has 0 radical (unpaired) electrons. The molecule has 86 valence electrons. The van der Waals surface area contributed by atoms with Crippen LogP contribution in [0.4, 0.5) is 0 Å². The first-order valence-corrected chi connectivity index (χ1v) is 9.94. The van der Waals surface area contributed by atoms with Gasteiger partial charge >= 0.3 is 0 Å². The third-order valence-corrected chi connectivity index (χ3v) is 9.77. The second-order valence-electron chi connectivity index (χ2n) is 3.88. The highest BCUT2D eigenvalue weighted by atomic mass is 33.6. The Balaban J connectivity index is 3.36. The first-order valence-electron chi connectivity index (χ1n) is 4.44. The van der Waals surface area contributed by atoms with Crippen molar-refractivity contribution in [3.05, 3.63) is 29.3 Å². The maximum atomic E-state index is 12.1. The highest BCUT2D eigenvalue weighted by Crippen LogP contribution is 2.54. The molecule has 15 heavy (non-hydrogen) atoms. The van der Waals surface area contributed by atoms with Crippen LogP contribution in [0, 0.1) is 13.8 Å². The van der Waals surface area contributed by atoms with Gasteiger partial charge in [-0.25, -0.2) is 8.42 Å². The molecule has 0 aliphatic heterocycles. The molecule has 0 aromatic heterocycles. The molecule has 0 bridgehead atoms. The number of thiol groups is 1. The molecule has 2 nitrogen and oxygen atoms in total. The van der Waals surface area contributed by atoms with Gasteiger partial charge in [-0.05, 0) is 49.6 Å². The molecule has 1 aromatic carbocycles. The van der Waals surface area contributed by atoms with E-state index < -0.39 is 17.0 Å². The van der Waals surface area contributed by atoms with Gasteiger partial charge in [0.25, 0.3) is 0 Å². The molecule has 1 rings (SSSR count). The Morgan fingerprint density at radius 2 is 1.60 bits per heavy atom. The summed E-state index contributed by atoms with van der Waals surface area (Å²) in [5, 5.41) is 0. The van der Waals surface area contributed by atoms with Crippen LogP contribution in [0.5, 0.6) is 0 Å². The molecule has 0 fully saturated rings. The van der Waals surface area contributed by atoms with Crippen molar-refractivity contribution in [2.24, 2.45) is 0 Å². The molecular formula is C10H16O2S3. The number of hydrogen-bond donors (Lipinski definition) is 1. The molecule has 0 amide bonds. The topological polar surface area (TPSA) is 34.1 Å². The summed E-state index contributed by atoms with van der Waals surface area (Å²) in [6.07, 6.45) is 3.33. The molecule has 0 N–H and O–H groups in total. The van der Waals surface area contributed by atoms with Crippen LogP contribution in [0.25, 0.3) is 0 Å². The van der Waals surface area contributed by atoms with Gasteiger partial charge in [0.1, 0.15) is 0 Å². The van der Waals surface area contributed by atoms with E-state index in [1.807, 2.05) is 19.9 Å². The van der Waals surface area contributed by atoms with E-state index in [4.69, 9.17) is 0 Å². The smallest absolute Gasteiger partial charge is 0.213 e. The van der Waals surface area contributed by atoms with Gasteiger partial charge in [-0.1, -0.05) is 14.2 Å². The predicted molar refractivity (Wildman–Crippen MR) is 71.5 cm³/mol. The summed E-state index contributed by atoms with van der Waals surface area (Å²) in [5.74, 6) is 0. The van der Waals surface area contributed by atoms with Crippen molar-refractivity contribution < 1.29 is 8.42 Å². The summed E-state index contributed by atoms with van der Waals surface area (Å²) in [6.45, 7) is 3.87. The van der Waals surface area contributed by atoms with Crippen molar-refractivity contribution in [3.63, 3.8) is 0 Å². The largest absolute Gasteiger partial charge is 0.220 e. The molecular weight excluding hydrogens is 248 g/mol. The summed E-state index contributed by atoms with van der Waals surface area (Å²) >= 11 is 4.20. The highest BCUT2D eigenvalue weighted by molar-refractivity contribution is 9.18. The summed E-state index contributed by atoms with van der Waals surface area (Å²) in [5.41, 5.74) is 2.09. The second-order valence-corrected chi connectivity index (χ2v) is 14.9. The number of hydrogen-bond acceptors (Lipinski definition) is 3. The van der Waals surface area contributed by atoms with Crippen molar-refractivity contribution in [2.45, 2.75) is 18.7 Å². The van der Waals surface area contributed by atoms with Crippen LogP contribution >= 0.6 is 19.8 Å². The fourth-order valence-electron chi connectivity index (χ4n) is 1.10. The van der Waals surface area contributed by atoms with Gasteiger partial charge in [-0.3, -0.25) is 0 Å². The van der Waals surface area contributed by atoms with E-state index in [0.717, 1.165) is 11.1 Å². The van der Waals surface area contributed by atoms with Crippen molar-refractivity contribution >= 4 is 28.6 Å². The third kappa shape index (κ3) is 2.52. The van der Waals surface area contributed by atoms with Gasteiger partial charge < -0.3 is 0 Å². The lowest BCUT2D eigenvalue weighted by atomic mass is 10.1.